The van der Waals surface area contributed by atoms with Crippen molar-refractivity contribution in [2.45, 2.75) is 12.5 Å². The molecule has 2 heterocycles. The summed E-state index contributed by atoms with van der Waals surface area (Å²) in [6.45, 7) is 2.03. The molecule has 1 atom stereocenters. The van der Waals surface area contributed by atoms with Crippen LogP contribution in [-0.4, -0.2) is 19.1 Å². The van der Waals surface area contributed by atoms with Crippen molar-refractivity contribution in [2.75, 3.05) is 13.1 Å². The molecule has 2 nitrogen and oxygen atoms in total. The average Bonchev–Trinajstić information content (AvgIpc) is 2.05. The minimum absolute atomic E-state index is 0.513. The van der Waals surface area contributed by atoms with E-state index < -0.39 is 0 Å². The van der Waals surface area contributed by atoms with Gasteiger partial charge in [-0.25, -0.2) is 0 Å². The molecule has 0 bridgehead atoms. The summed E-state index contributed by atoms with van der Waals surface area (Å²) in [6, 6.07) is 0.513. The first-order valence-electron chi connectivity index (χ1n) is 3.73. The van der Waals surface area contributed by atoms with Gasteiger partial charge in [0.15, 0.2) is 0 Å². The van der Waals surface area contributed by atoms with E-state index in [4.69, 9.17) is 0 Å². The molecule has 0 aromatic rings. The molecule has 10 heavy (non-hydrogen) atoms. The normalized spacial score (nSPS) is 30.4. The van der Waals surface area contributed by atoms with Crippen LogP contribution in [0.3, 0.4) is 0 Å². The summed E-state index contributed by atoms with van der Waals surface area (Å²) in [7, 11) is 0. The molecular formula is C8H11N2. The third kappa shape index (κ3) is 0.948. The fourth-order valence-corrected chi connectivity index (χ4v) is 1.42. The molecule has 1 N–H and O–H groups in total. The summed E-state index contributed by atoms with van der Waals surface area (Å²) in [4.78, 5) is 0. The maximum atomic E-state index is 4.18. The zero-order valence-corrected chi connectivity index (χ0v) is 5.88. The third-order valence-electron chi connectivity index (χ3n) is 1.98. The smallest absolute Gasteiger partial charge is 0.0584 e. The van der Waals surface area contributed by atoms with Gasteiger partial charge in [-0.2, -0.15) is 0 Å². The fraction of sp³-hybridized carbons (Fsp3) is 0.500. The number of rotatable bonds is 0. The molecule has 0 saturated heterocycles. The second-order valence-electron chi connectivity index (χ2n) is 2.68. The Morgan fingerprint density at radius 3 is 3.50 bits per heavy atom. The Kier molecular flexibility index (Phi) is 1.47. The van der Waals surface area contributed by atoms with Crippen molar-refractivity contribution in [3.63, 3.8) is 0 Å². The van der Waals surface area contributed by atoms with Crippen LogP contribution in [0.15, 0.2) is 23.9 Å². The van der Waals surface area contributed by atoms with E-state index in [2.05, 4.69) is 22.8 Å². The SMILES string of the molecule is C1=CC2=CCCNC2C[N]1. The number of nitrogens with one attached hydrogen (secondary N) is 1. The number of hydrogen-bond acceptors (Lipinski definition) is 1. The van der Waals surface area contributed by atoms with Crippen LogP contribution >= 0.6 is 0 Å². The summed E-state index contributed by atoms with van der Waals surface area (Å²) in [5.74, 6) is 0. The summed E-state index contributed by atoms with van der Waals surface area (Å²) in [5.41, 5.74) is 1.42. The first-order chi connectivity index (χ1) is 4.97. The van der Waals surface area contributed by atoms with Crippen molar-refractivity contribution in [1.29, 1.82) is 0 Å². The van der Waals surface area contributed by atoms with E-state index >= 15 is 0 Å². The largest absolute Gasteiger partial charge is 0.308 e. The Hall–Kier alpha value is -0.760. The minimum Gasteiger partial charge on any atom is -0.308 e. The van der Waals surface area contributed by atoms with Crippen molar-refractivity contribution in [2.24, 2.45) is 0 Å². The van der Waals surface area contributed by atoms with Crippen molar-refractivity contribution < 1.29 is 0 Å². The van der Waals surface area contributed by atoms with E-state index in [-0.39, 0.29) is 0 Å². The van der Waals surface area contributed by atoms with E-state index in [0.717, 1.165) is 19.5 Å². The molecule has 2 aliphatic heterocycles. The van der Waals surface area contributed by atoms with Gasteiger partial charge >= 0.3 is 0 Å². The van der Waals surface area contributed by atoms with Crippen molar-refractivity contribution in [3.8, 4) is 0 Å². The first kappa shape index (κ1) is 5.98. The quantitative estimate of drug-likeness (QED) is 0.511. The van der Waals surface area contributed by atoms with Gasteiger partial charge in [-0.15, -0.1) is 0 Å². The molecule has 0 aliphatic carbocycles. The lowest BCUT2D eigenvalue weighted by atomic mass is 10.0. The van der Waals surface area contributed by atoms with Crippen molar-refractivity contribution in [3.05, 3.63) is 23.9 Å². The highest BCUT2D eigenvalue weighted by Gasteiger charge is 2.16. The van der Waals surface area contributed by atoms with Crippen molar-refractivity contribution in [1.82, 2.24) is 10.6 Å². The fourth-order valence-electron chi connectivity index (χ4n) is 1.42. The summed E-state index contributed by atoms with van der Waals surface area (Å²) < 4.78 is 0. The molecule has 2 aliphatic rings. The number of nitrogens with zero attached hydrogens (tertiary/aromatic N) is 1. The predicted octanol–water partition coefficient (Wildman–Crippen LogP) is 0.406. The molecule has 0 aromatic heterocycles. The molecule has 0 amide bonds. The molecule has 53 valence electrons. The van der Waals surface area contributed by atoms with Gasteiger partial charge in [0.25, 0.3) is 0 Å². The maximum absolute atomic E-state index is 4.18. The number of hydrogen-bond donors (Lipinski definition) is 1. The number of fused-ring (bicyclic) bond motifs is 1. The molecule has 2 rings (SSSR count). The van der Waals surface area contributed by atoms with Crippen LogP contribution in [0.2, 0.25) is 0 Å². The molecule has 1 unspecified atom stereocenters. The lowest BCUT2D eigenvalue weighted by Crippen LogP contribution is -2.41. The van der Waals surface area contributed by atoms with Crippen LogP contribution in [-0.2, 0) is 0 Å². The van der Waals surface area contributed by atoms with Gasteiger partial charge in [0, 0.05) is 6.20 Å². The highest BCUT2D eigenvalue weighted by atomic mass is 15.0. The first-order valence-corrected chi connectivity index (χ1v) is 3.73. The topological polar surface area (TPSA) is 26.1 Å². The minimum atomic E-state index is 0.513. The monoisotopic (exact) mass is 135 g/mol. The standard InChI is InChI=1S/C8H11N2/c1-2-7-3-5-9-6-8(7)10-4-1/h2-3,5,8,10H,1,4,6H2. The van der Waals surface area contributed by atoms with E-state index in [1.54, 1.807) is 0 Å². The molecule has 0 aromatic carbocycles. The molecular weight excluding hydrogens is 124 g/mol. The second kappa shape index (κ2) is 2.46. The Morgan fingerprint density at radius 2 is 2.60 bits per heavy atom. The van der Waals surface area contributed by atoms with E-state index in [1.807, 2.05) is 6.20 Å². The highest BCUT2D eigenvalue weighted by Crippen LogP contribution is 2.12. The molecule has 1 radical (unpaired) electrons. The zero-order chi connectivity index (χ0) is 6.81. The van der Waals surface area contributed by atoms with Gasteiger partial charge in [-0.3, -0.25) is 5.32 Å². The van der Waals surface area contributed by atoms with Crippen LogP contribution in [0.4, 0.5) is 0 Å². The van der Waals surface area contributed by atoms with Gasteiger partial charge in [-0.05, 0) is 24.6 Å². The highest BCUT2D eigenvalue weighted by molar-refractivity contribution is 5.29. The van der Waals surface area contributed by atoms with Gasteiger partial charge in [0.1, 0.15) is 0 Å². The Labute approximate surface area is 61.0 Å². The summed E-state index contributed by atoms with van der Waals surface area (Å²) in [6.07, 6.45) is 7.46. The van der Waals surface area contributed by atoms with Crippen LogP contribution in [0.1, 0.15) is 6.42 Å². The van der Waals surface area contributed by atoms with Crippen LogP contribution in [0.5, 0.6) is 0 Å². The predicted molar refractivity (Wildman–Crippen MR) is 40.6 cm³/mol. The third-order valence-corrected chi connectivity index (χ3v) is 1.98. The lowest BCUT2D eigenvalue weighted by molar-refractivity contribution is 0.527. The van der Waals surface area contributed by atoms with E-state index in [1.165, 1.54) is 5.57 Å². The summed E-state index contributed by atoms with van der Waals surface area (Å²) >= 11 is 0. The zero-order valence-electron chi connectivity index (χ0n) is 5.88. The van der Waals surface area contributed by atoms with Gasteiger partial charge in [0.05, 0.1) is 12.6 Å². The summed E-state index contributed by atoms with van der Waals surface area (Å²) in [5, 5.41) is 7.59. The Balaban J connectivity index is 2.21. The molecule has 2 heteroatoms. The Bertz CT molecular complexity index is 182. The average molecular weight is 135 g/mol. The van der Waals surface area contributed by atoms with E-state index in [9.17, 15) is 0 Å². The molecule has 0 spiro atoms. The van der Waals surface area contributed by atoms with Gasteiger partial charge < -0.3 is 5.32 Å². The second-order valence-corrected chi connectivity index (χ2v) is 2.68. The molecule has 0 fully saturated rings. The van der Waals surface area contributed by atoms with Gasteiger partial charge in [0.2, 0.25) is 0 Å². The van der Waals surface area contributed by atoms with Gasteiger partial charge in [-0.1, -0.05) is 6.08 Å². The van der Waals surface area contributed by atoms with Crippen LogP contribution in [0, 0.1) is 0 Å². The van der Waals surface area contributed by atoms with Crippen molar-refractivity contribution >= 4 is 0 Å². The van der Waals surface area contributed by atoms with Crippen LogP contribution in [0.25, 0.3) is 0 Å². The maximum Gasteiger partial charge on any atom is 0.0584 e. The lowest BCUT2D eigenvalue weighted by Gasteiger charge is -2.25. The Morgan fingerprint density at radius 1 is 1.60 bits per heavy atom. The van der Waals surface area contributed by atoms with Crippen LogP contribution < -0.4 is 10.6 Å². The van der Waals surface area contributed by atoms with E-state index in [0.29, 0.717) is 6.04 Å². The molecule has 0 saturated carbocycles.